The molecule has 0 aliphatic carbocycles. The maximum absolute atomic E-state index is 5.48. The number of benzene rings is 2. The molecule has 0 N–H and O–H groups in total. The van der Waals surface area contributed by atoms with Crippen LogP contribution < -0.4 is 0 Å². The number of hydrogen-bond donors (Lipinski definition) is 0. The molecule has 2 rings (SSSR count). The average molecular weight is 908 g/mol. The molecule has 3 heteroatoms. The number of aryl methyl sites for hydroxylation is 2. The van der Waals surface area contributed by atoms with E-state index in [-0.39, 0.29) is 16.5 Å². The van der Waals surface area contributed by atoms with Gasteiger partial charge in [-0.15, -0.1) is 0 Å². The van der Waals surface area contributed by atoms with Crippen molar-refractivity contribution in [3.05, 3.63) is 84.0 Å². The van der Waals surface area contributed by atoms with E-state index in [4.69, 9.17) is 9.98 Å². The van der Waals surface area contributed by atoms with E-state index in [1.165, 1.54) is 202 Å². The molecule has 0 heterocycles. The Labute approximate surface area is 402 Å². The minimum absolute atomic E-state index is 0. The molecule has 0 aliphatic heterocycles. The maximum Gasteiger partial charge on any atom is 0.0665 e. The topological polar surface area (TPSA) is 24.7 Å². The number of unbranched alkanes of at least 4 members (excludes halogenated alkanes) is 28. The zero-order chi connectivity index (χ0) is 44.2. The first-order chi connectivity index (χ1) is 30.7. The first kappa shape index (κ1) is 58.8. The molecular formula is C60H100N2Ni. The molecule has 0 unspecified atom stereocenters. The zero-order valence-corrected chi connectivity index (χ0v) is 43.0. The van der Waals surface area contributed by atoms with Gasteiger partial charge in [0, 0.05) is 16.5 Å². The number of hydrogen-bond acceptors (Lipinski definition) is 2. The summed E-state index contributed by atoms with van der Waals surface area (Å²) in [6, 6.07) is 17.8. The van der Waals surface area contributed by atoms with Crippen molar-refractivity contribution in [1.82, 2.24) is 0 Å². The van der Waals surface area contributed by atoms with Gasteiger partial charge >= 0.3 is 0 Å². The van der Waals surface area contributed by atoms with Crippen LogP contribution in [0.25, 0.3) is 0 Å². The van der Waals surface area contributed by atoms with E-state index in [1.807, 2.05) is 0 Å². The molecule has 0 saturated carbocycles. The Morgan fingerprint density at radius 2 is 0.603 bits per heavy atom. The number of nitrogens with zero attached hydrogens (tertiary/aromatic N) is 2. The Morgan fingerprint density at radius 3 is 0.921 bits per heavy atom. The van der Waals surface area contributed by atoms with Gasteiger partial charge in [0.25, 0.3) is 0 Å². The molecule has 0 spiro atoms. The van der Waals surface area contributed by atoms with E-state index in [0.717, 1.165) is 75.6 Å². The summed E-state index contributed by atoms with van der Waals surface area (Å²) in [5.74, 6) is 0. The van der Waals surface area contributed by atoms with Gasteiger partial charge in [-0.2, -0.15) is 0 Å². The van der Waals surface area contributed by atoms with Crippen LogP contribution in [0.15, 0.2) is 82.8 Å². The summed E-state index contributed by atoms with van der Waals surface area (Å²) in [4.78, 5) is 11.0. The third-order valence-corrected chi connectivity index (χ3v) is 12.8. The summed E-state index contributed by atoms with van der Waals surface area (Å²) in [6.07, 6.45) is 59.6. The molecule has 0 atom stereocenters. The fourth-order valence-corrected chi connectivity index (χ4v) is 8.67. The summed E-state index contributed by atoms with van der Waals surface area (Å²) >= 11 is 0. The van der Waals surface area contributed by atoms with Crippen LogP contribution in [0.1, 0.15) is 270 Å². The van der Waals surface area contributed by atoms with Gasteiger partial charge in [-0.3, -0.25) is 9.98 Å². The second-order valence-electron chi connectivity index (χ2n) is 18.7. The van der Waals surface area contributed by atoms with Gasteiger partial charge in [0.05, 0.1) is 22.8 Å². The van der Waals surface area contributed by atoms with Crippen molar-refractivity contribution in [2.45, 2.75) is 272 Å². The molecule has 0 bridgehead atoms. The second-order valence-corrected chi connectivity index (χ2v) is 18.7. The molecule has 63 heavy (non-hydrogen) atoms. The van der Waals surface area contributed by atoms with E-state index in [2.05, 4.69) is 101 Å². The molecule has 360 valence electrons. The van der Waals surface area contributed by atoms with Crippen molar-refractivity contribution >= 4 is 22.8 Å². The van der Waals surface area contributed by atoms with Gasteiger partial charge in [-0.05, 0) is 113 Å². The minimum atomic E-state index is 0. The van der Waals surface area contributed by atoms with Crippen molar-refractivity contribution in [3.63, 3.8) is 0 Å². The standard InChI is InChI=1S/C60H100N2.Ni/c1-5-9-13-15-17-19-21-23-25-27-29-31-33-35-37-39-41-47-55-49-43-45-53-57(55)61-59(51-11-7-3)60(52-12-8-4)62-58-54-46-44-50-56(58)48-42-40-38-36-34-32-30-28-26-24-22-20-18-16-14-10-6-2;/h35-38,43-46,49-50,53-54H,5-34,39-42,47-48,51-52H2,1-4H3;. The van der Waals surface area contributed by atoms with E-state index in [1.54, 1.807) is 0 Å². The van der Waals surface area contributed by atoms with Crippen LogP contribution >= 0.6 is 0 Å². The SMILES string of the molecule is CCCCCCCCCCCCCCC=CCCCc1ccccc1N=C(CCCC)C(CCCC)=Nc1ccccc1CCCC=CCCCCCCCCCCCCCC.[Ni]. The van der Waals surface area contributed by atoms with Crippen molar-refractivity contribution < 1.29 is 16.5 Å². The Balaban J connectivity index is 0.0000198. The van der Waals surface area contributed by atoms with E-state index < -0.39 is 0 Å². The van der Waals surface area contributed by atoms with Gasteiger partial charge in [-0.25, -0.2) is 0 Å². The molecule has 0 aliphatic rings. The van der Waals surface area contributed by atoms with Gasteiger partial charge in [0.2, 0.25) is 0 Å². The van der Waals surface area contributed by atoms with Crippen LogP contribution in [0.4, 0.5) is 11.4 Å². The van der Waals surface area contributed by atoms with Gasteiger partial charge in [0.15, 0.2) is 0 Å². The summed E-state index contributed by atoms with van der Waals surface area (Å²) in [7, 11) is 0. The first-order valence-electron chi connectivity index (χ1n) is 27.3. The average Bonchev–Trinajstić information content (AvgIpc) is 3.29. The van der Waals surface area contributed by atoms with Crippen molar-refractivity contribution in [1.29, 1.82) is 0 Å². The quantitative estimate of drug-likeness (QED) is 0.0274. The Bertz CT molecular complexity index is 1310. The molecule has 0 fully saturated rings. The van der Waals surface area contributed by atoms with Crippen molar-refractivity contribution in [2.75, 3.05) is 0 Å². The summed E-state index contributed by atoms with van der Waals surface area (Å²) < 4.78 is 0. The normalized spacial score (nSPS) is 12.3. The number of allylic oxidation sites excluding steroid dienone is 4. The Kier molecular flexibility index (Phi) is 41.9. The van der Waals surface area contributed by atoms with Crippen molar-refractivity contribution in [2.24, 2.45) is 9.98 Å². The molecule has 0 saturated heterocycles. The molecule has 0 radical (unpaired) electrons. The van der Waals surface area contributed by atoms with E-state index >= 15 is 0 Å². The smallest absolute Gasteiger partial charge is 0.0665 e. The molecule has 0 aromatic heterocycles. The number of aliphatic imine (C=N–C) groups is 2. The number of rotatable bonds is 43. The third kappa shape index (κ3) is 33.0. The van der Waals surface area contributed by atoms with Crippen LogP contribution in [0.3, 0.4) is 0 Å². The summed E-state index contributed by atoms with van der Waals surface area (Å²) in [6.45, 7) is 9.20. The predicted molar refractivity (Wildman–Crippen MR) is 282 cm³/mol. The minimum Gasteiger partial charge on any atom is -0.251 e. The van der Waals surface area contributed by atoms with Crippen LogP contribution in [-0.2, 0) is 29.3 Å². The van der Waals surface area contributed by atoms with E-state index in [9.17, 15) is 0 Å². The molecule has 2 nitrogen and oxygen atoms in total. The van der Waals surface area contributed by atoms with E-state index in [0.29, 0.717) is 0 Å². The molecule has 0 amide bonds. The van der Waals surface area contributed by atoms with Gasteiger partial charge in [-0.1, -0.05) is 242 Å². The third-order valence-electron chi connectivity index (χ3n) is 12.8. The van der Waals surface area contributed by atoms with Crippen LogP contribution in [0.5, 0.6) is 0 Å². The molecule has 2 aromatic carbocycles. The summed E-state index contributed by atoms with van der Waals surface area (Å²) in [5.41, 5.74) is 7.44. The monoisotopic (exact) mass is 907 g/mol. The zero-order valence-electron chi connectivity index (χ0n) is 42.0. The largest absolute Gasteiger partial charge is 0.251 e. The van der Waals surface area contributed by atoms with Gasteiger partial charge in [0.1, 0.15) is 0 Å². The van der Waals surface area contributed by atoms with Crippen molar-refractivity contribution in [3.8, 4) is 0 Å². The summed E-state index contributed by atoms with van der Waals surface area (Å²) in [5, 5.41) is 0. The van der Waals surface area contributed by atoms with Crippen LogP contribution in [0.2, 0.25) is 0 Å². The Hall–Kier alpha value is -2.25. The molecule has 2 aromatic rings. The first-order valence-corrected chi connectivity index (χ1v) is 27.3. The Morgan fingerprint density at radius 1 is 0.333 bits per heavy atom. The van der Waals surface area contributed by atoms with Crippen LogP contribution in [-0.4, -0.2) is 11.4 Å². The van der Waals surface area contributed by atoms with Gasteiger partial charge < -0.3 is 0 Å². The fourth-order valence-electron chi connectivity index (χ4n) is 8.67. The predicted octanol–water partition coefficient (Wildman–Crippen LogP) is 20.8. The number of para-hydroxylation sites is 2. The van der Waals surface area contributed by atoms with Crippen LogP contribution in [0, 0.1) is 0 Å². The fraction of sp³-hybridized carbons (Fsp3) is 0.700. The molecular weight excluding hydrogens is 807 g/mol. The maximum atomic E-state index is 5.48. The second kappa shape index (κ2) is 44.9.